The van der Waals surface area contributed by atoms with Crippen LogP contribution >= 0.6 is 0 Å². The number of nitrogens with zero attached hydrogens (tertiary/aromatic N) is 3. The number of anilines is 1. The summed E-state index contributed by atoms with van der Waals surface area (Å²) < 4.78 is 0. The van der Waals surface area contributed by atoms with Crippen LogP contribution in [0.3, 0.4) is 0 Å². The van der Waals surface area contributed by atoms with Gasteiger partial charge in [-0.2, -0.15) is 0 Å². The number of aromatic nitrogens is 1. The number of hydrogen-bond donors (Lipinski definition) is 1. The minimum Gasteiger partial charge on any atom is -0.384 e. The van der Waals surface area contributed by atoms with Crippen molar-refractivity contribution in [2.24, 2.45) is 5.92 Å². The Morgan fingerprint density at radius 3 is 2.64 bits per heavy atom. The summed E-state index contributed by atoms with van der Waals surface area (Å²) in [5.41, 5.74) is 1.61. The lowest BCUT2D eigenvalue weighted by Crippen LogP contribution is -2.48. The molecule has 2 rings (SSSR count). The largest absolute Gasteiger partial charge is 0.384 e. The number of carbonyl (C=O) groups excluding carboxylic acids is 1. The second-order valence-corrected chi connectivity index (χ2v) is 6.30. The number of carbonyl (C=O) groups is 1. The van der Waals surface area contributed by atoms with Gasteiger partial charge < -0.3 is 15.1 Å². The molecule has 1 fully saturated rings. The normalized spacial score (nSPS) is 16.1. The second kappa shape index (κ2) is 8.13. The van der Waals surface area contributed by atoms with Gasteiger partial charge >= 0.3 is 0 Å². The molecule has 1 aromatic heterocycles. The molecule has 0 aliphatic carbocycles. The van der Waals surface area contributed by atoms with Crippen molar-refractivity contribution >= 4 is 11.6 Å². The maximum absolute atomic E-state index is 12.6. The Morgan fingerprint density at radius 2 is 2.00 bits per heavy atom. The Bertz CT molecular complexity index is 481. The van der Waals surface area contributed by atoms with E-state index in [1.165, 1.54) is 0 Å². The van der Waals surface area contributed by atoms with Crippen molar-refractivity contribution < 1.29 is 4.79 Å². The zero-order valence-corrected chi connectivity index (χ0v) is 14.0. The predicted octanol–water partition coefficient (Wildman–Crippen LogP) is 2.32. The summed E-state index contributed by atoms with van der Waals surface area (Å²) in [6.45, 7) is 12.1. The smallest absolute Gasteiger partial charge is 0.255 e. The predicted molar refractivity (Wildman–Crippen MR) is 90.2 cm³/mol. The number of rotatable bonds is 6. The standard InChI is InChI=1S/C17H28N4O/c1-4-20-7-9-21(10-8-20)17(22)15-11-16(13-18-12-15)19-6-5-14(2)3/h11-14,19H,4-10H2,1-3H3. The van der Waals surface area contributed by atoms with Crippen LogP contribution in [0.4, 0.5) is 5.69 Å². The fourth-order valence-electron chi connectivity index (χ4n) is 2.61. The van der Waals surface area contributed by atoms with Gasteiger partial charge in [0, 0.05) is 45.1 Å². The minimum absolute atomic E-state index is 0.0933. The van der Waals surface area contributed by atoms with Crippen LogP contribution in [0.5, 0.6) is 0 Å². The summed E-state index contributed by atoms with van der Waals surface area (Å²) in [6, 6.07) is 1.92. The van der Waals surface area contributed by atoms with Crippen LogP contribution < -0.4 is 5.32 Å². The highest BCUT2D eigenvalue weighted by atomic mass is 16.2. The number of hydrogen-bond acceptors (Lipinski definition) is 4. The Hall–Kier alpha value is -1.62. The van der Waals surface area contributed by atoms with E-state index in [0.29, 0.717) is 11.5 Å². The van der Waals surface area contributed by atoms with Crippen LogP contribution in [0.1, 0.15) is 37.6 Å². The molecule has 5 nitrogen and oxygen atoms in total. The average Bonchev–Trinajstić information content (AvgIpc) is 2.54. The van der Waals surface area contributed by atoms with Crippen molar-refractivity contribution in [3.8, 4) is 0 Å². The second-order valence-electron chi connectivity index (χ2n) is 6.30. The van der Waals surface area contributed by atoms with Gasteiger partial charge in [0.1, 0.15) is 0 Å². The lowest BCUT2D eigenvalue weighted by atomic mass is 10.1. The van der Waals surface area contributed by atoms with Gasteiger partial charge in [0.05, 0.1) is 11.3 Å². The van der Waals surface area contributed by atoms with Crippen molar-refractivity contribution in [1.29, 1.82) is 0 Å². The number of piperazine rings is 1. The molecular formula is C17H28N4O. The van der Waals surface area contributed by atoms with Crippen molar-refractivity contribution in [2.45, 2.75) is 27.2 Å². The summed E-state index contributed by atoms with van der Waals surface area (Å²) in [6.07, 6.45) is 4.56. The first-order valence-corrected chi connectivity index (χ1v) is 8.30. The molecule has 1 saturated heterocycles. The van der Waals surface area contributed by atoms with Crippen LogP contribution in [-0.4, -0.2) is 60.0 Å². The summed E-state index contributed by atoms with van der Waals surface area (Å²) in [5, 5.41) is 3.35. The molecule has 0 atom stereocenters. The zero-order chi connectivity index (χ0) is 15.9. The van der Waals surface area contributed by atoms with Crippen LogP contribution in [0.2, 0.25) is 0 Å². The van der Waals surface area contributed by atoms with Crippen molar-refractivity contribution in [3.05, 3.63) is 24.0 Å². The summed E-state index contributed by atoms with van der Waals surface area (Å²) in [5.74, 6) is 0.760. The van der Waals surface area contributed by atoms with Gasteiger partial charge in [-0.3, -0.25) is 9.78 Å². The van der Waals surface area contributed by atoms with E-state index in [9.17, 15) is 4.79 Å². The van der Waals surface area contributed by atoms with E-state index >= 15 is 0 Å². The average molecular weight is 304 g/mol. The molecule has 1 aromatic rings. The Labute approximate surface area is 133 Å². The first kappa shape index (κ1) is 16.7. The van der Waals surface area contributed by atoms with Crippen molar-refractivity contribution in [3.63, 3.8) is 0 Å². The van der Waals surface area contributed by atoms with E-state index in [-0.39, 0.29) is 5.91 Å². The van der Waals surface area contributed by atoms with Gasteiger partial charge in [0.25, 0.3) is 5.91 Å². The van der Waals surface area contributed by atoms with Crippen LogP contribution in [-0.2, 0) is 0 Å². The molecule has 22 heavy (non-hydrogen) atoms. The lowest BCUT2D eigenvalue weighted by Gasteiger charge is -2.34. The molecule has 1 aliphatic rings. The molecule has 0 bridgehead atoms. The van der Waals surface area contributed by atoms with Gasteiger partial charge in [-0.15, -0.1) is 0 Å². The van der Waals surface area contributed by atoms with Gasteiger partial charge in [0.2, 0.25) is 0 Å². The molecule has 0 spiro atoms. The Kier molecular flexibility index (Phi) is 6.19. The molecule has 122 valence electrons. The lowest BCUT2D eigenvalue weighted by molar-refractivity contribution is 0.0643. The summed E-state index contributed by atoms with van der Waals surface area (Å²) in [4.78, 5) is 21.1. The van der Waals surface area contributed by atoms with Crippen molar-refractivity contribution in [2.75, 3.05) is 44.6 Å². The fourth-order valence-corrected chi connectivity index (χ4v) is 2.61. The van der Waals surface area contributed by atoms with E-state index in [0.717, 1.165) is 51.4 Å². The summed E-state index contributed by atoms with van der Waals surface area (Å²) in [7, 11) is 0. The highest BCUT2D eigenvalue weighted by Crippen LogP contribution is 2.13. The van der Waals surface area contributed by atoms with Gasteiger partial charge in [0.15, 0.2) is 0 Å². The molecule has 5 heteroatoms. The maximum atomic E-state index is 12.6. The third-order valence-corrected chi connectivity index (χ3v) is 4.14. The third kappa shape index (κ3) is 4.70. The molecule has 0 unspecified atom stereocenters. The summed E-state index contributed by atoms with van der Waals surface area (Å²) >= 11 is 0. The van der Waals surface area contributed by atoms with E-state index in [4.69, 9.17) is 0 Å². The molecule has 0 saturated carbocycles. The topological polar surface area (TPSA) is 48.5 Å². The number of pyridine rings is 1. The van der Waals surface area contributed by atoms with Gasteiger partial charge in [-0.25, -0.2) is 0 Å². The first-order chi connectivity index (χ1) is 10.6. The van der Waals surface area contributed by atoms with Crippen LogP contribution in [0, 0.1) is 5.92 Å². The van der Waals surface area contributed by atoms with Gasteiger partial charge in [-0.05, 0) is 24.9 Å². The number of nitrogens with one attached hydrogen (secondary N) is 1. The molecular weight excluding hydrogens is 276 g/mol. The number of amides is 1. The quantitative estimate of drug-likeness (QED) is 0.876. The van der Waals surface area contributed by atoms with E-state index < -0.39 is 0 Å². The van der Waals surface area contributed by atoms with Crippen LogP contribution in [0.15, 0.2) is 18.5 Å². The van der Waals surface area contributed by atoms with E-state index in [1.54, 1.807) is 12.4 Å². The monoisotopic (exact) mass is 304 g/mol. The van der Waals surface area contributed by atoms with Crippen molar-refractivity contribution in [1.82, 2.24) is 14.8 Å². The highest BCUT2D eigenvalue weighted by Gasteiger charge is 2.21. The minimum atomic E-state index is 0.0933. The van der Waals surface area contributed by atoms with E-state index in [1.807, 2.05) is 11.0 Å². The van der Waals surface area contributed by atoms with E-state index in [2.05, 4.69) is 36.0 Å². The molecule has 2 heterocycles. The molecule has 1 amide bonds. The molecule has 0 aromatic carbocycles. The fraction of sp³-hybridized carbons (Fsp3) is 0.647. The van der Waals surface area contributed by atoms with Crippen LogP contribution in [0.25, 0.3) is 0 Å². The SMILES string of the molecule is CCN1CCN(C(=O)c2cncc(NCCC(C)C)c2)CC1. The third-order valence-electron chi connectivity index (χ3n) is 4.14. The Balaban J connectivity index is 1.92. The molecule has 1 N–H and O–H groups in total. The molecule has 1 aliphatic heterocycles. The first-order valence-electron chi connectivity index (χ1n) is 8.30. The molecule has 0 radical (unpaired) electrons. The zero-order valence-electron chi connectivity index (χ0n) is 14.0. The van der Waals surface area contributed by atoms with Gasteiger partial charge in [-0.1, -0.05) is 20.8 Å². The Morgan fingerprint density at radius 1 is 1.27 bits per heavy atom. The maximum Gasteiger partial charge on any atom is 0.255 e. The highest BCUT2D eigenvalue weighted by molar-refractivity contribution is 5.94. The number of likely N-dealkylation sites (N-methyl/N-ethyl adjacent to an activating group) is 1.